The van der Waals surface area contributed by atoms with Gasteiger partial charge in [-0.05, 0) is 37.5 Å². The van der Waals surface area contributed by atoms with E-state index in [1.54, 1.807) is 0 Å². The van der Waals surface area contributed by atoms with E-state index in [2.05, 4.69) is 29.5 Å². The fourth-order valence-corrected chi connectivity index (χ4v) is 2.36. The average molecular weight is 177 g/mol. The van der Waals surface area contributed by atoms with E-state index in [9.17, 15) is 4.91 Å². The number of nitrogens with zero attached hydrogens (tertiary/aromatic N) is 1. The molecule has 0 aliphatic heterocycles. The van der Waals surface area contributed by atoms with Gasteiger partial charge in [0.05, 0.1) is 6.04 Å². The molecule has 1 saturated carbocycles. The highest BCUT2D eigenvalue weighted by atomic mass is 16.3. The Morgan fingerprint density at radius 1 is 1.00 bits per heavy atom. The molecule has 0 bridgehead atoms. The first-order chi connectivity index (χ1) is 6.40. The number of hydrogen-bond acceptors (Lipinski definition) is 2. The van der Waals surface area contributed by atoms with Crippen LogP contribution in [0.25, 0.3) is 0 Å². The van der Waals surface area contributed by atoms with Crippen LogP contribution in [0, 0.1) is 16.7 Å². The zero-order valence-electron chi connectivity index (χ0n) is 7.73. The molecule has 0 unspecified atom stereocenters. The van der Waals surface area contributed by atoms with Crippen LogP contribution >= 0.6 is 0 Å². The Kier molecular flexibility index (Phi) is 2.57. The minimum atomic E-state index is 0.102. The lowest BCUT2D eigenvalue weighted by molar-refractivity contribution is 0.294. The summed E-state index contributed by atoms with van der Waals surface area (Å²) >= 11 is 0. The number of nitroso groups, excluding NO2 is 1. The van der Waals surface area contributed by atoms with E-state index in [1.165, 1.54) is 0 Å². The van der Waals surface area contributed by atoms with Gasteiger partial charge in [-0.1, -0.05) is 29.5 Å². The van der Waals surface area contributed by atoms with Gasteiger partial charge in [0.2, 0.25) is 0 Å². The van der Waals surface area contributed by atoms with Gasteiger partial charge in [-0.25, -0.2) is 0 Å². The summed E-state index contributed by atoms with van der Waals surface area (Å²) in [5, 5.41) is 3.12. The Morgan fingerprint density at radius 2 is 1.62 bits per heavy atom. The molecule has 0 amide bonds. The normalized spacial score (nSPS) is 33.8. The second-order valence-electron chi connectivity index (χ2n) is 4.02. The van der Waals surface area contributed by atoms with Crippen LogP contribution < -0.4 is 0 Å². The summed E-state index contributed by atoms with van der Waals surface area (Å²) in [7, 11) is 0. The number of allylic oxidation sites excluding steroid dienone is 4. The Morgan fingerprint density at radius 3 is 2.15 bits per heavy atom. The van der Waals surface area contributed by atoms with E-state index in [0.29, 0.717) is 5.92 Å². The van der Waals surface area contributed by atoms with Crippen molar-refractivity contribution in [3.05, 3.63) is 29.2 Å². The molecule has 0 aromatic heterocycles. The molecule has 2 aliphatic carbocycles. The molecular weight excluding hydrogens is 162 g/mol. The third kappa shape index (κ3) is 1.87. The molecule has 2 aliphatic rings. The molecule has 2 heteroatoms. The van der Waals surface area contributed by atoms with Crippen molar-refractivity contribution in [2.75, 3.05) is 0 Å². The fourth-order valence-electron chi connectivity index (χ4n) is 2.36. The van der Waals surface area contributed by atoms with Crippen molar-refractivity contribution in [2.45, 2.75) is 31.7 Å². The van der Waals surface area contributed by atoms with Crippen LogP contribution in [-0.2, 0) is 0 Å². The molecule has 1 fully saturated rings. The van der Waals surface area contributed by atoms with Crippen LogP contribution in [0.2, 0.25) is 0 Å². The van der Waals surface area contributed by atoms with Crippen LogP contribution in [0.5, 0.6) is 0 Å². The van der Waals surface area contributed by atoms with E-state index >= 15 is 0 Å². The van der Waals surface area contributed by atoms with Crippen molar-refractivity contribution in [3.8, 4) is 0 Å². The van der Waals surface area contributed by atoms with E-state index in [0.717, 1.165) is 31.6 Å². The van der Waals surface area contributed by atoms with Crippen molar-refractivity contribution < 1.29 is 0 Å². The third-order valence-corrected chi connectivity index (χ3v) is 3.21. The van der Waals surface area contributed by atoms with Gasteiger partial charge in [-0.15, -0.1) is 0 Å². The molecule has 2 rings (SSSR count). The molecule has 0 atom stereocenters. The standard InChI is InChI=1S/C11H15NO/c13-12-11-7-5-10(6-8-11)9-3-1-2-4-9/h1-4,9-11H,5-8H2. The minimum Gasteiger partial charge on any atom is -0.151 e. The van der Waals surface area contributed by atoms with Gasteiger partial charge in [0.1, 0.15) is 0 Å². The van der Waals surface area contributed by atoms with E-state index < -0.39 is 0 Å². The zero-order chi connectivity index (χ0) is 9.10. The highest BCUT2D eigenvalue weighted by Gasteiger charge is 2.25. The molecule has 0 saturated heterocycles. The van der Waals surface area contributed by atoms with Gasteiger partial charge in [0.25, 0.3) is 0 Å². The molecule has 0 aromatic rings. The third-order valence-electron chi connectivity index (χ3n) is 3.21. The van der Waals surface area contributed by atoms with Gasteiger partial charge in [-0.2, -0.15) is 4.91 Å². The fraction of sp³-hybridized carbons (Fsp3) is 0.636. The Balaban J connectivity index is 1.87. The summed E-state index contributed by atoms with van der Waals surface area (Å²) in [6.07, 6.45) is 13.1. The second kappa shape index (κ2) is 3.86. The maximum Gasteiger partial charge on any atom is 0.0920 e. The van der Waals surface area contributed by atoms with Crippen molar-refractivity contribution in [1.82, 2.24) is 0 Å². The van der Waals surface area contributed by atoms with Crippen LogP contribution in [0.1, 0.15) is 25.7 Å². The van der Waals surface area contributed by atoms with Gasteiger partial charge in [0, 0.05) is 0 Å². The maximum absolute atomic E-state index is 10.3. The van der Waals surface area contributed by atoms with Crippen molar-refractivity contribution in [2.24, 2.45) is 17.0 Å². The van der Waals surface area contributed by atoms with Gasteiger partial charge >= 0.3 is 0 Å². The summed E-state index contributed by atoms with van der Waals surface area (Å²) in [4.78, 5) is 10.3. The van der Waals surface area contributed by atoms with Gasteiger partial charge < -0.3 is 0 Å². The number of rotatable bonds is 2. The summed E-state index contributed by atoms with van der Waals surface area (Å²) in [5.74, 6) is 1.39. The SMILES string of the molecule is O=NC1CCC(C2C=CC=C2)CC1. The molecule has 0 N–H and O–H groups in total. The molecule has 0 radical (unpaired) electrons. The Hall–Kier alpha value is -0.920. The van der Waals surface area contributed by atoms with Crippen LogP contribution in [0.3, 0.4) is 0 Å². The van der Waals surface area contributed by atoms with Crippen molar-refractivity contribution >= 4 is 0 Å². The van der Waals surface area contributed by atoms with Gasteiger partial charge in [-0.3, -0.25) is 0 Å². The average Bonchev–Trinajstić information content (AvgIpc) is 2.71. The van der Waals surface area contributed by atoms with Crippen molar-refractivity contribution in [1.29, 1.82) is 0 Å². The predicted molar refractivity (Wildman–Crippen MR) is 53.3 cm³/mol. The van der Waals surface area contributed by atoms with Crippen LogP contribution in [0.15, 0.2) is 29.5 Å². The first kappa shape index (κ1) is 8.67. The highest BCUT2D eigenvalue weighted by molar-refractivity contribution is 5.18. The lowest BCUT2D eigenvalue weighted by Gasteiger charge is -2.27. The van der Waals surface area contributed by atoms with E-state index in [-0.39, 0.29) is 6.04 Å². The van der Waals surface area contributed by atoms with E-state index in [1.807, 2.05) is 0 Å². The molecule has 0 heterocycles. The largest absolute Gasteiger partial charge is 0.151 e. The highest BCUT2D eigenvalue weighted by Crippen LogP contribution is 2.34. The topological polar surface area (TPSA) is 29.4 Å². The smallest absolute Gasteiger partial charge is 0.0920 e. The first-order valence-corrected chi connectivity index (χ1v) is 5.07. The lowest BCUT2D eigenvalue weighted by Crippen LogP contribution is -2.20. The monoisotopic (exact) mass is 177 g/mol. The Bertz CT molecular complexity index is 224. The maximum atomic E-state index is 10.3. The van der Waals surface area contributed by atoms with Crippen LogP contribution in [-0.4, -0.2) is 6.04 Å². The zero-order valence-corrected chi connectivity index (χ0v) is 7.73. The van der Waals surface area contributed by atoms with E-state index in [4.69, 9.17) is 0 Å². The molecule has 2 nitrogen and oxygen atoms in total. The molecule has 0 aromatic carbocycles. The molecule has 13 heavy (non-hydrogen) atoms. The predicted octanol–water partition coefficient (Wildman–Crippen LogP) is 3.05. The summed E-state index contributed by atoms with van der Waals surface area (Å²) in [5.41, 5.74) is 0. The van der Waals surface area contributed by atoms with Gasteiger partial charge in [0.15, 0.2) is 0 Å². The molecule has 70 valence electrons. The van der Waals surface area contributed by atoms with Crippen LogP contribution in [0.4, 0.5) is 0 Å². The second-order valence-corrected chi connectivity index (χ2v) is 4.02. The summed E-state index contributed by atoms with van der Waals surface area (Å²) < 4.78 is 0. The molecule has 0 spiro atoms. The first-order valence-electron chi connectivity index (χ1n) is 5.07. The summed E-state index contributed by atoms with van der Waals surface area (Å²) in [6, 6.07) is 0.102. The summed E-state index contributed by atoms with van der Waals surface area (Å²) in [6.45, 7) is 0. The quantitative estimate of drug-likeness (QED) is 0.596. The number of hydrogen-bond donors (Lipinski definition) is 0. The Labute approximate surface area is 78.7 Å². The minimum absolute atomic E-state index is 0.102. The lowest BCUT2D eigenvalue weighted by atomic mass is 9.79. The van der Waals surface area contributed by atoms with Crippen molar-refractivity contribution in [3.63, 3.8) is 0 Å². The molecular formula is C11H15NO.